The van der Waals surface area contributed by atoms with Crippen molar-refractivity contribution in [2.45, 2.75) is 33.1 Å². The number of rotatable bonds is 6. The second-order valence-electron chi connectivity index (χ2n) is 15.8. The van der Waals surface area contributed by atoms with E-state index >= 15 is 0 Å². The average molecular weight is 741 g/mol. The molecule has 0 unspecified atom stereocenters. The van der Waals surface area contributed by atoms with Crippen LogP contribution in [-0.4, -0.2) is 27.7 Å². The highest BCUT2D eigenvalue weighted by atomic mass is 28.3. The van der Waals surface area contributed by atoms with Crippen LogP contribution in [0.1, 0.15) is 23.6 Å². The fourth-order valence-electron chi connectivity index (χ4n) is 9.26. The predicted octanol–water partition coefficient (Wildman–Crippen LogP) is 10.6. The predicted molar refractivity (Wildman–Crippen MR) is 242 cm³/mol. The molecule has 0 bridgehead atoms. The van der Waals surface area contributed by atoms with Crippen molar-refractivity contribution in [3.8, 4) is 44.5 Å². The molecule has 0 spiro atoms. The Labute approximate surface area is 327 Å². The van der Waals surface area contributed by atoms with Crippen molar-refractivity contribution in [3.63, 3.8) is 0 Å². The Hall–Kier alpha value is -5.95. The van der Waals surface area contributed by atoms with Gasteiger partial charge in [0, 0.05) is 11.3 Å². The maximum Gasteiger partial charge on any atom is 0.159 e. The van der Waals surface area contributed by atoms with E-state index in [-0.39, 0.29) is 0 Å². The van der Waals surface area contributed by atoms with Crippen LogP contribution in [0.4, 0.5) is 0 Å². The molecule has 0 amide bonds. The van der Waals surface area contributed by atoms with E-state index in [1.807, 2.05) is 18.2 Å². The van der Waals surface area contributed by atoms with E-state index in [1.54, 1.807) is 0 Å². The van der Waals surface area contributed by atoms with Gasteiger partial charge in [-0.3, -0.25) is 0 Å². The Morgan fingerprint density at radius 3 is 1.36 bits per heavy atom. The first-order valence-electron chi connectivity index (χ1n) is 19.2. The highest BCUT2D eigenvalue weighted by Crippen LogP contribution is 2.39. The molecule has 2 aliphatic heterocycles. The number of amidine groups is 1. The summed E-state index contributed by atoms with van der Waals surface area (Å²) in [6.45, 7) is 16.6. The molecule has 9 rings (SSSR count). The van der Waals surface area contributed by atoms with Gasteiger partial charge in [-0.25, -0.2) is 9.98 Å². The van der Waals surface area contributed by atoms with Crippen LogP contribution >= 0.6 is 0 Å². The molecule has 0 aromatic heterocycles. The van der Waals surface area contributed by atoms with Gasteiger partial charge in [-0.2, -0.15) is 0 Å². The molecule has 0 fully saturated rings. The zero-order valence-electron chi connectivity index (χ0n) is 32.2. The van der Waals surface area contributed by atoms with E-state index in [2.05, 4.69) is 185 Å². The van der Waals surface area contributed by atoms with Gasteiger partial charge in [0.05, 0.1) is 5.70 Å². The molecule has 0 aliphatic carbocycles. The van der Waals surface area contributed by atoms with Crippen molar-refractivity contribution in [2.24, 2.45) is 9.98 Å². The topological polar surface area (TPSA) is 24.7 Å². The second kappa shape index (κ2) is 13.4. The fraction of sp³-hybridized carbons (Fsp3) is 0.0980. The van der Waals surface area contributed by atoms with Crippen molar-refractivity contribution >= 4 is 54.1 Å². The third-order valence-corrected chi connectivity index (χ3v) is 18.9. The number of benzene rings is 7. The molecule has 2 heterocycles. The first-order chi connectivity index (χ1) is 26.7. The summed E-state index contributed by atoms with van der Waals surface area (Å²) in [4.78, 5) is 11.0. The molecule has 0 atom stereocenters. The maximum absolute atomic E-state index is 5.61. The highest BCUT2D eigenvalue weighted by Gasteiger charge is 2.42. The molecule has 2 aliphatic rings. The van der Waals surface area contributed by atoms with Gasteiger partial charge in [-0.1, -0.05) is 197 Å². The Morgan fingerprint density at radius 2 is 0.855 bits per heavy atom. The Morgan fingerprint density at radius 1 is 0.436 bits per heavy atom. The van der Waals surface area contributed by atoms with Crippen LogP contribution in [0, 0.1) is 0 Å². The van der Waals surface area contributed by atoms with E-state index in [0.29, 0.717) is 5.70 Å². The minimum Gasteiger partial charge on any atom is -0.233 e. The van der Waals surface area contributed by atoms with Crippen LogP contribution in [0.5, 0.6) is 0 Å². The van der Waals surface area contributed by atoms with E-state index in [1.165, 1.54) is 70.8 Å². The largest absolute Gasteiger partial charge is 0.233 e. The van der Waals surface area contributed by atoms with Gasteiger partial charge >= 0.3 is 0 Å². The SMILES string of the molecule is C=C(/N=C(\N=C(/C)c1cccc2c1[Si](C)(C)c1cccc(-c3ccccc3)c1-2)c1cccc2c1[Si](C)(C)c1cccc(-c3ccccc3)c1-2)c1ccccc1. The van der Waals surface area contributed by atoms with Crippen LogP contribution in [0.25, 0.3) is 50.2 Å². The lowest BCUT2D eigenvalue weighted by molar-refractivity contribution is 1.45. The molecule has 0 N–H and O–H groups in total. The molecule has 55 heavy (non-hydrogen) atoms. The molecule has 266 valence electrons. The number of fused-ring (bicyclic) bond motifs is 6. The molecule has 0 saturated carbocycles. The van der Waals surface area contributed by atoms with Crippen molar-refractivity contribution in [1.29, 1.82) is 0 Å². The van der Waals surface area contributed by atoms with Crippen molar-refractivity contribution < 1.29 is 0 Å². The van der Waals surface area contributed by atoms with Crippen LogP contribution < -0.4 is 20.7 Å². The first-order valence-corrected chi connectivity index (χ1v) is 25.2. The van der Waals surface area contributed by atoms with E-state index in [4.69, 9.17) is 9.98 Å². The normalized spacial score (nSPS) is 14.9. The Bertz CT molecular complexity index is 2710. The zero-order chi connectivity index (χ0) is 37.9. The fourth-order valence-corrected chi connectivity index (χ4v) is 16.2. The minimum atomic E-state index is -2.21. The minimum absolute atomic E-state index is 0.706. The first kappa shape index (κ1) is 34.8. The van der Waals surface area contributed by atoms with Crippen LogP contribution in [-0.2, 0) is 0 Å². The van der Waals surface area contributed by atoms with Crippen LogP contribution in [0.15, 0.2) is 180 Å². The van der Waals surface area contributed by atoms with Gasteiger partial charge in [0.1, 0.15) is 16.1 Å². The van der Waals surface area contributed by atoms with Gasteiger partial charge in [0.15, 0.2) is 5.84 Å². The second-order valence-corrected chi connectivity index (χ2v) is 24.4. The average Bonchev–Trinajstić information content (AvgIpc) is 3.61. The van der Waals surface area contributed by atoms with Crippen LogP contribution in [0.3, 0.4) is 0 Å². The summed E-state index contributed by atoms with van der Waals surface area (Å²) >= 11 is 0. The zero-order valence-corrected chi connectivity index (χ0v) is 34.2. The van der Waals surface area contributed by atoms with Gasteiger partial charge < -0.3 is 0 Å². The summed E-state index contributed by atoms with van der Waals surface area (Å²) < 4.78 is 0. The van der Waals surface area contributed by atoms with E-state index in [9.17, 15) is 0 Å². The molecule has 7 aromatic carbocycles. The number of hydrogen-bond acceptors (Lipinski definition) is 1. The maximum atomic E-state index is 5.61. The number of hydrogen-bond donors (Lipinski definition) is 0. The molecule has 4 heteroatoms. The van der Waals surface area contributed by atoms with Crippen molar-refractivity contribution in [1.82, 2.24) is 0 Å². The van der Waals surface area contributed by atoms with Gasteiger partial charge in [0.25, 0.3) is 0 Å². The van der Waals surface area contributed by atoms with Crippen LogP contribution in [0.2, 0.25) is 26.2 Å². The standard InChI is InChI=1S/C51H44N2Si2/c1-34(36-20-10-7-11-21-36)52-51(44-31-17-30-43-48-41(38-24-14-9-15-25-38)28-19-33-46(48)55(5,6)50(43)44)53-35(2)39-26-16-29-42-47-40(37-22-12-8-13-23-37)27-18-32-45(47)54(3,4)49(39)42/h7-33H,1H2,2-6H3/b52-51-,53-35+. The van der Waals surface area contributed by atoms with Crippen molar-refractivity contribution in [3.05, 3.63) is 187 Å². The molecular formula is C51H44N2Si2. The molecule has 2 nitrogen and oxygen atoms in total. The van der Waals surface area contributed by atoms with Gasteiger partial charge in [0.2, 0.25) is 0 Å². The summed E-state index contributed by atoms with van der Waals surface area (Å²) in [7, 11) is -4.33. The molecule has 0 saturated heterocycles. The van der Waals surface area contributed by atoms with Crippen molar-refractivity contribution in [2.75, 3.05) is 0 Å². The lowest BCUT2D eigenvalue weighted by atomic mass is 9.93. The molecule has 0 radical (unpaired) electrons. The highest BCUT2D eigenvalue weighted by molar-refractivity contribution is 7.05. The van der Waals surface area contributed by atoms with Gasteiger partial charge in [-0.05, 0) is 83.3 Å². The quantitative estimate of drug-likeness (QED) is 0.0922. The smallest absolute Gasteiger partial charge is 0.159 e. The lowest BCUT2D eigenvalue weighted by Gasteiger charge is -2.23. The third-order valence-electron chi connectivity index (χ3n) is 11.8. The number of nitrogens with zero attached hydrogens (tertiary/aromatic N) is 2. The summed E-state index contributed by atoms with van der Waals surface area (Å²) in [5.41, 5.74) is 15.4. The molecular weight excluding hydrogens is 697 g/mol. The van der Waals surface area contributed by atoms with Gasteiger partial charge in [-0.15, -0.1) is 0 Å². The Kier molecular flexibility index (Phi) is 8.49. The van der Waals surface area contributed by atoms with E-state index in [0.717, 1.165) is 22.7 Å². The lowest BCUT2D eigenvalue weighted by Crippen LogP contribution is -2.51. The summed E-state index contributed by atoms with van der Waals surface area (Å²) in [5.74, 6) is 0.718. The molecule has 7 aromatic rings. The summed E-state index contributed by atoms with van der Waals surface area (Å²) in [6, 6.07) is 59.2. The Balaban J connectivity index is 1.25. The summed E-state index contributed by atoms with van der Waals surface area (Å²) in [5, 5.41) is 5.77. The van der Waals surface area contributed by atoms with E-state index < -0.39 is 16.1 Å². The summed E-state index contributed by atoms with van der Waals surface area (Å²) in [6.07, 6.45) is 0. The monoisotopic (exact) mass is 740 g/mol. The number of aliphatic imine (C=N–C) groups is 2. The third kappa shape index (κ3) is 5.67.